The molecule has 1 aromatic carbocycles. The maximum absolute atomic E-state index is 13.1. The van der Waals surface area contributed by atoms with E-state index in [0.29, 0.717) is 0 Å². The number of carbonyl (C=O) groups is 2. The van der Waals surface area contributed by atoms with Crippen LogP contribution < -0.4 is 0 Å². The number of hydrogen-bond acceptors (Lipinski definition) is 8. The molecule has 11 nitrogen and oxygen atoms in total. The van der Waals surface area contributed by atoms with E-state index in [9.17, 15) is 40.4 Å². The van der Waals surface area contributed by atoms with Crippen LogP contribution in [0.1, 0.15) is 39.2 Å². The van der Waals surface area contributed by atoms with Gasteiger partial charge in [-0.05, 0) is 39.3 Å². The van der Waals surface area contributed by atoms with Crippen LogP contribution in [0.4, 0.5) is 5.69 Å². The van der Waals surface area contributed by atoms with E-state index in [2.05, 4.69) is 0 Å². The Morgan fingerprint density at radius 2 is 1.38 bits per heavy atom. The van der Waals surface area contributed by atoms with Gasteiger partial charge in [-0.1, -0.05) is 0 Å². The highest BCUT2D eigenvalue weighted by Crippen LogP contribution is 2.42. The van der Waals surface area contributed by atoms with E-state index >= 15 is 0 Å². The summed E-state index contributed by atoms with van der Waals surface area (Å²) in [6, 6.07) is 5.51. The summed E-state index contributed by atoms with van der Waals surface area (Å²) in [5.41, 5.74) is -1.02. The van der Waals surface area contributed by atoms with Gasteiger partial charge in [0.2, 0.25) is 17.6 Å². The van der Waals surface area contributed by atoms with Crippen LogP contribution in [0.2, 0.25) is 0 Å². The van der Waals surface area contributed by atoms with Crippen molar-refractivity contribution in [2.45, 2.75) is 33.6 Å². The Bertz CT molecular complexity index is 901. The van der Waals surface area contributed by atoms with Crippen molar-refractivity contribution in [3.8, 4) is 23.6 Å². The molecule has 1 aromatic rings. The molecular formula is C21H27N5O6. The van der Waals surface area contributed by atoms with Gasteiger partial charge in [0, 0.05) is 38.2 Å². The van der Waals surface area contributed by atoms with Crippen molar-refractivity contribution in [3.05, 3.63) is 27.8 Å². The number of phenolic OH excluding ortho intramolecular Hbond substituents is 2. The van der Waals surface area contributed by atoms with Gasteiger partial charge in [-0.2, -0.15) is 10.5 Å². The Balaban J connectivity index is 3.84. The molecule has 0 heterocycles. The maximum atomic E-state index is 13.1. The molecule has 0 saturated carbocycles. The van der Waals surface area contributed by atoms with Crippen LogP contribution in [0.3, 0.4) is 0 Å². The highest BCUT2D eigenvalue weighted by molar-refractivity contribution is 5.87. The van der Waals surface area contributed by atoms with Crippen molar-refractivity contribution in [2.24, 2.45) is 11.8 Å². The lowest BCUT2D eigenvalue weighted by atomic mass is 9.76. The molecule has 2 unspecified atom stereocenters. The molecule has 2 atom stereocenters. The van der Waals surface area contributed by atoms with E-state index in [1.54, 1.807) is 27.7 Å². The number of nitriles is 2. The number of phenols is 2. The fraction of sp³-hybridized carbons (Fsp3) is 0.524. The average Bonchev–Trinajstić information content (AvgIpc) is 2.77. The van der Waals surface area contributed by atoms with E-state index < -0.39 is 51.7 Å². The smallest absolute Gasteiger partial charge is 0.314 e. The zero-order valence-corrected chi connectivity index (χ0v) is 18.5. The summed E-state index contributed by atoms with van der Waals surface area (Å²) in [7, 11) is 0. The summed E-state index contributed by atoms with van der Waals surface area (Å²) in [5, 5.41) is 51.0. The molecule has 0 aromatic heterocycles. The predicted molar refractivity (Wildman–Crippen MR) is 113 cm³/mol. The quantitative estimate of drug-likeness (QED) is 0.313. The zero-order valence-electron chi connectivity index (χ0n) is 18.5. The van der Waals surface area contributed by atoms with Gasteiger partial charge in [0.05, 0.1) is 17.1 Å². The molecule has 0 radical (unpaired) electrons. The fourth-order valence-electron chi connectivity index (χ4n) is 3.58. The van der Waals surface area contributed by atoms with Crippen molar-refractivity contribution < 1.29 is 24.7 Å². The van der Waals surface area contributed by atoms with E-state index in [0.717, 1.165) is 12.1 Å². The molecule has 0 aliphatic rings. The van der Waals surface area contributed by atoms with E-state index in [1.807, 2.05) is 12.1 Å². The van der Waals surface area contributed by atoms with Crippen molar-refractivity contribution >= 4 is 17.5 Å². The van der Waals surface area contributed by atoms with Gasteiger partial charge in [0.15, 0.2) is 5.75 Å². The summed E-state index contributed by atoms with van der Waals surface area (Å²) in [4.78, 5) is 39.3. The normalized spacial score (nSPS) is 13.2. The standard InChI is InChI=1S/C21H27N5O6/c1-5-24(6-2)20(29)14(11-22)18(15(12-23)21(30)25(7-3)8-4)13-9-16(26(31)32)19(28)17(27)10-13/h9-10,14-15,18,27-28H,5-8H2,1-4H3. The van der Waals surface area contributed by atoms with Crippen molar-refractivity contribution in [3.63, 3.8) is 0 Å². The first kappa shape index (κ1) is 26.2. The minimum Gasteiger partial charge on any atom is -0.504 e. The lowest BCUT2D eigenvalue weighted by molar-refractivity contribution is -0.386. The van der Waals surface area contributed by atoms with Gasteiger partial charge >= 0.3 is 5.69 Å². The van der Waals surface area contributed by atoms with Crippen LogP contribution in [0.5, 0.6) is 11.5 Å². The molecule has 0 fully saturated rings. The first-order valence-corrected chi connectivity index (χ1v) is 10.2. The van der Waals surface area contributed by atoms with Crippen LogP contribution >= 0.6 is 0 Å². The Labute approximate surface area is 186 Å². The lowest BCUT2D eigenvalue weighted by Gasteiger charge is -2.31. The van der Waals surface area contributed by atoms with Gasteiger partial charge in [-0.25, -0.2) is 0 Å². The first-order chi connectivity index (χ1) is 15.1. The largest absolute Gasteiger partial charge is 0.504 e. The number of carbonyl (C=O) groups excluding carboxylic acids is 2. The number of amides is 2. The summed E-state index contributed by atoms with van der Waals surface area (Å²) in [6.07, 6.45) is 0. The Morgan fingerprint density at radius 1 is 0.969 bits per heavy atom. The molecular weight excluding hydrogens is 418 g/mol. The van der Waals surface area contributed by atoms with Gasteiger partial charge in [-0.3, -0.25) is 19.7 Å². The monoisotopic (exact) mass is 445 g/mol. The summed E-state index contributed by atoms with van der Waals surface area (Å²) in [5.74, 6) is -7.65. The van der Waals surface area contributed by atoms with E-state index in [4.69, 9.17) is 0 Å². The fourth-order valence-corrected chi connectivity index (χ4v) is 3.58. The van der Waals surface area contributed by atoms with Crippen molar-refractivity contribution in [2.75, 3.05) is 26.2 Å². The van der Waals surface area contributed by atoms with E-state index in [-0.39, 0.29) is 31.7 Å². The van der Waals surface area contributed by atoms with Crippen LogP contribution in [0, 0.1) is 44.6 Å². The number of nitrogens with zero attached hydrogens (tertiary/aromatic N) is 5. The lowest BCUT2D eigenvalue weighted by Crippen LogP contribution is -2.44. The molecule has 0 aliphatic carbocycles. The molecule has 1 rings (SSSR count). The molecule has 172 valence electrons. The molecule has 2 amide bonds. The molecule has 11 heteroatoms. The van der Waals surface area contributed by atoms with Crippen LogP contribution in [-0.2, 0) is 9.59 Å². The predicted octanol–water partition coefficient (Wildman–Crippen LogP) is 2.11. The number of aromatic hydroxyl groups is 2. The van der Waals surface area contributed by atoms with Crippen LogP contribution in [0.25, 0.3) is 0 Å². The molecule has 0 aliphatic heterocycles. The van der Waals surface area contributed by atoms with Gasteiger partial charge in [-0.15, -0.1) is 0 Å². The second kappa shape index (κ2) is 11.5. The van der Waals surface area contributed by atoms with Crippen LogP contribution in [-0.4, -0.2) is 62.9 Å². The van der Waals surface area contributed by atoms with Gasteiger partial charge in [0.1, 0.15) is 11.8 Å². The third-order valence-corrected chi connectivity index (χ3v) is 5.35. The third-order valence-electron chi connectivity index (χ3n) is 5.35. The number of benzene rings is 1. The molecule has 32 heavy (non-hydrogen) atoms. The van der Waals surface area contributed by atoms with E-state index in [1.165, 1.54) is 9.80 Å². The summed E-state index contributed by atoms with van der Waals surface area (Å²) < 4.78 is 0. The summed E-state index contributed by atoms with van der Waals surface area (Å²) >= 11 is 0. The van der Waals surface area contributed by atoms with Crippen molar-refractivity contribution in [1.82, 2.24) is 9.80 Å². The maximum Gasteiger partial charge on any atom is 0.314 e. The molecule has 0 saturated heterocycles. The summed E-state index contributed by atoms with van der Waals surface area (Å²) in [6.45, 7) is 7.86. The SMILES string of the molecule is CCN(CC)C(=O)C(C#N)C(c1cc(O)c(O)c([N+](=O)[O-])c1)C(C#N)C(=O)N(CC)CC. The minimum atomic E-state index is -1.54. The zero-order chi connectivity index (χ0) is 24.6. The highest BCUT2D eigenvalue weighted by atomic mass is 16.6. The Hall–Kier alpha value is -3.86. The number of hydrogen-bond donors (Lipinski definition) is 2. The molecule has 2 N–H and O–H groups in total. The highest BCUT2D eigenvalue weighted by Gasteiger charge is 2.43. The number of nitro benzene ring substituents is 1. The number of nitro groups is 1. The Kier molecular flexibility index (Phi) is 9.41. The second-order valence-electron chi connectivity index (χ2n) is 6.93. The average molecular weight is 445 g/mol. The second-order valence-corrected chi connectivity index (χ2v) is 6.93. The third kappa shape index (κ3) is 5.24. The van der Waals surface area contributed by atoms with Crippen molar-refractivity contribution in [1.29, 1.82) is 10.5 Å². The Morgan fingerprint density at radius 3 is 1.69 bits per heavy atom. The number of rotatable bonds is 10. The molecule has 0 spiro atoms. The molecule has 0 bridgehead atoms. The minimum absolute atomic E-state index is 0.147. The van der Waals surface area contributed by atoms with Crippen LogP contribution in [0.15, 0.2) is 12.1 Å². The topological polar surface area (TPSA) is 172 Å². The first-order valence-electron chi connectivity index (χ1n) is 10.2. The van der Waals surface area contributed by atoms with Gasteiger partial charge < -0.3 is 20.0 Å². The van der Waals surface area contributed by atoms with Gasteiger partial charge in [0.25, 0.3) is 0 Å².